The van der Waals surface area contributed by atoms with E-state index in [4.69, 9.17) is 4.74 Å². The summed E-state index contributed by atoms with van der Waals surface area (Å²) < 4.78 is 5.31. The number of likely N-dealkylation sites (tertiary alicyclic amines) is 1. The second-order valence-electron chi connectivity index (χ2n) is 7.12. The minimum absolute atomic E-state index is 0.134. The number of ketones is 1. The number of amides is 1. The zero-order valence-electron chi connectivity index (χ0n) is 13.8. The van der Waals surface area contributed by atoms with Gasteiger partial charge in [0.2, 0.25) is 5.91 Å². The average Bonchev–Trinajstić information content (AvgIpc) is 2.56. The fourth-order valence-corrected chi connectivity index (χ4v) is 4.50. The molecule has 1 amide bonds. The van der Waals surface area contributed by atoms with Gasteiger partial charge in [0.15, 0.2) is 5.78 Å². The molecule has 0 radical (unpaired) electrons. The van der Waals surface area contributed by atoms with Crippen molar-refractivity contribution in [3.8, 4) is 5.75 Å². The van der Waals surface area contributed by atoms with Crippen molar-refractivity contribution in [2.24, 2.45) is 5.41 Å². The Balaban J connectivity index is 1.88. The van der Waals surface area contributed by atoms with E-state index < -0.39 is 5.41 Å². The van der Waals surface area contributed by atoms with Crippen molar-refractivity contribution in [3.63, 3.8) is 0 Å². The highest BCUT2D eigenvalue weighted by Gasteiger charge is 2.55. The molecule has 0 saturated carbocycles. The molecule has 4 nitrogen and oxygen atoms in total. The lowest BCUT2D eigenvalue weighted by Crippen LogP contribution is -2.56. The van der Waals surface area contributed by atoms with E-state index in [0.717, 1.165) is 28.9 Å². The molecule has 1 saturated heterocycles. The maximum atomic E-state index is 13.1. The van der Waals surface area contributed by atoms with Crippen molar-refractivity contribution in [1.29, 1.82) is 0 Å². The zero-order valence-corrected chi connectivity index (χ0v) is 13.8. The highest BCUT2D eigenvalue weighted by molar-refractivity contribution is 6.02. The first-order valence-electron chi connectivity index (χ1n) is 8.15. The lowest BCUT2D eigenvalue weighted by molar-refractivity contribution is -0.145. The summed E-state index contributed by atoms with van der Waals surface area (Å²) in [5, 5.41) is 0. The van der Waals surface area contributed by atoms with E-state index in [1.54, 1.807) is 13.2 Å². The summed E-state index contributed by atoms with van der Waals surface area (Å²) >= 11 is 0. The van der Waals surface area contributed by atoms with Crippen LogP contribution in [0.15, 0.2) is 29.8 Å². The van der Waals surface area contributed by atoms with E-state index >= 15 is 0 Å². The predicted molar refractivity (Wildman–Crippen MR) is 86.4 cm³/mol. The molecule has 0 aromatic heterocycles. The summed E-state index contributed by atoms with van der Waals surface area (Å²) in [7, 11) is 3.52. The van der Waals surface area contributed by atoms with E-state index in [0.29, 0.717) is 12.8 Å². The first kappa shape index (κ1) is 14.5. The molecule has 2 aliphatic carbocycles. The summed E-state index contributed by atoms with van der Waals surface area (Å²) in [6.07, 6.45) is 3.86. The third kappa shape index (κ3) is 1.84. The summed E-state index contributed by atoms with van der Waals surface area (Å²) in [5.41, 5.74) is 2.67. The second kappa shape index (κ2) is 4.70. The Morgan fingerprint density at radius 2 is 2.09 bits per heavy atom. The summed E-state index contributed by atoms with van der Waals surface area (Å²) in [6.45, 7) is 2.05. The van der Waals surface area contributed by atoms with Gasteiger partial charge in [-0.05, 0) is 61.1 Å². The molecule has 1 aromatic carbocycles. The van der Waals surface area contributed by atoms with Gasteiger partial charge in [0.05, 0.1) is 12.5 Å². The van der Waals surface area contributed by atoms with Gasteiger partial charge in [0.1, 0.15) is 5.75 Å². The molecule has 0 N–H and O–H groups in total. The summed E-state index contributed by atoms with van der Waals surface area (Å²) in [4.78, 5) is 27.6. The van der Waals surface area contributed by atoms with Gasteiger partial charge < -0.3 is 9.64 Å². The van der Waals surface area contributed by atoms with Crippen LogP contribution in [0.3, 0.4) is 0 Å². The van der Waals surface area contributed by atoms with Gasteiger partial charge in [-0.15, -0.1) is 0 Å². The van der Waals surface area contributed by atoms with Crippen molar-refractivity contribution in [2.45, 2.75) is 38.1 Å². The van der Waals surface area contributed by atoms with Gasteiger partial charge >= 0.3 is 0 Å². The minimum atomic E-state index is -0.512. The quantitative estimate of drug-likeness (QED) is 0.800. The lowest BCUT2D eigenvalue weighted by Gasteiger charge is -2.51. The SMILES string of the molecule is COc1ccc2c(c1)[C@@H]1C[C@@]3(C2)C(=O)N(C)[C@@H](C)CC3=CC1=O. The number of carbonyl (C=O) groups is 2. The van der Waals surface area contributed by atoms with Crippen LogP contribution in [0.1, 0.15) is 36.8 Å². The number of hydrogen-bond acceptors (Lipinski definition) is 3. The highest BCUT2D eigenvalue weighted by Crippen LogP contribution is 2.54. The van der Waals surface area contributed by atoms with Gasteiger partial charge in [-0.25, -0.2) is 0 Å². The largest absolute Gasteiger partial charge is 0.497 e. The Labute approximate surface area is 136 Å². The molecule has 1 heterocycles. The topological polar surface area (TPSA) is 46.6 Å². The lowest BCUT2D eigenvalue weighted by atomic mass is 9.56. The van der Waals surface area contributed by atoms with Crippen molar-refractivity contribution in [3.05, 3.63) is 41.0 Å². The van der Waals surface area contributed by atoms with E-state index in [1.807, 2.05) is 37.1 Å². The Morgan fingerprint density at radius 3 is 2.83 bits per heavy atom. The first-order valence-corrected chi connectivity index (χ1v) is 8.15. The number of hydrogen-bond donors (Lipinski definition) is 0. The Kier molecular flexibility index (Phi) is 2.96. The molecule has 0 unspecified atom stereocenters. The third-order valence-corrected chi connectivity index (χ3v) is 5.95. The maximum absolute atomic E-state index is 13.1. The van der Waals surface area contributed by atoms with E-state index in [2.05, 4.69) is 0 Å². The number of carbonyl (C=O) groups excluding carboxylic acids is 2. The van der Waals surface area contributed by atoms with Crippen LogP contribution in [0.2, 0.25) is 0 Å². The van der Waals surface area contributed by atoms with Gasteiger partial charge in [-0.3, -0.25) is 9.59 Å². The predicted octanol–water partition coefficient (Wildman–Crippen LogP) is 2.47. The van der Waals surface area contributed by atoms with Crippen molar-refractivity contribution < 1.29 is 14.3 Å². The summed E-state index contributed by atoms with van der Waals surface area (Å²) in [6, 6.07) is 6.05. The van der Waals surface area contributed by atoms with Gasteiger partial charge in [-0.2, -0.15) is 0 Å². The number of methoxy groups -OCH3 is 1. The van der Waals surface area contributed by atoms with Crippen LogP contribution < -0.4 is 4.74 Å². The van der Waals surface area contributed by atoms with Crippen LogP contribution in [0, 0.1) is 5.41 Å². The van der Waals surface area contributed by atoms with Gasteiger partial charge in [0.25, 0.3) is 0 Å². The Morgan fingerprint density at radius 1 is 1.30 bits per heavy atom. The molecule has 120 valence electrons. The van der Waals surface area contributed by atoms with Gasteiger partial charge in [-0.1, -0.05) is 6.07 Å². The average molecular weight is 311 g/mol. The van der Waals surface area contributed by atoms with Gasteiger partial charge in [0, 0.05) is 19.0 Å². The smallest absolute Gasteiger partial charge is 0.233 e. The number of nitrogens with zero attached hydrogens (tertiary/aromatic N) is 1. The minimum Gasteiger partial charge on any atom is -0.497 e. The summed E-state index contributed by atoms with van der Waals surface area (Å²) in [5.74, 6) is 0.849. The number of allylic oxidation sites excluding steroid dienone is 1. The molecule has 4 rings (SSSR count). The molecular weight excluding hydrogens is 290 g/mol. The number of benzene rings is 1. The Bertz CT molecular complexity index is 751. The van der Waals surface area contributed by atoms with Crippen molar-refractivity contribution in [1.82, 2.24) is 4.90 Å². The zero-order chi connectivity index (χ0) is 16.4. The molecular formula is C19H21NO3. The molecule has 2 bridgehead atoms. The number of piperidine rings is 1. The highest BCUT2D eigenvalue weighted by atomic mass is 16.5. The van der Waals surface area contributed by atoms with Crippen LogP contribution in [0.4, 0.5) is 0 Å². The van der Waals surface area contributed by atoms with E-state index in [9.17, 15) is 9.59 Å². The number of rotatable bonds is 1. The van der Waals surface area contributed by atoms with Crippen LogP contribution in [0.5, 0.6) is 5.75 Å². The van der Waals surface area contributed by atoms with Crippen LogP contribution in [0.25, 0.3) is 0 Å². The second-order valence-corrected chi connectivity index (χ2v) is 7.12. The fourth-order valence-electron chi connectivity index (χ4n) is 4.50. The molecule has 1 spiro atoms. The standard InChI is InChI=1S/C19H21NO3/c1-11-6-13-7-17(21)16-10-19(13,18(22)20(11)2)9-12-4-5-14(23-3)8-15(12)16/h4-5,7-8,11,16H,6,9-10H2,1-3H3/t11-,16-,19+/m0/s1. The molecule has 1 aromatic rings. The molecule has 4 heteroatoms. The van der Waals surface area contributed by atoms with E-state index in [-0.39, 0.29) is 23.7 Å². The maximum Gasteiger partial charge on any atom is 0.233 e. The first-order chi connectivity index (χ1) is 11.0. The van der Waals surface area contributed by atoms with Crippen LogP contribution in [-0.2, 0) is 16.0 Å². The molecule has 1 fully saturated rings. The monoisotopic (exact) mass is 311 g/mol. The Hall–Kier alpha value is -2.10. The fraction of sp³-hybridized carbons (Fsp3) is 0.474. The molecule has 3 atom stereocenters. The van der Waals surface area contributed by atoms with Crippen molar-refractivity contribution in [2.75, 3.05) is 14.2 Å². The van der Waals surface area contributed by atoms with Crippen molar-refractivity contribution >= 4 is 11.7 Å². The molecule has 23 heavy (non-hydrogen) atoms. The molecule has 1 aliphatic heterocycles. The third-order valence-electron chi connectivity index (χ3n) is 5.95. The van der Waals surface area contributed by atoms with Crippen LogP contribution >= 0.6 is 0 Å². The number of fused-ring (bicyclic) bond motifs is 3. The number of ether oxygens (including phenoxy) is 1. The van der Waals surface area contributed by atoms with Crippen LogP contribution in [-0.4, -0.2) is 36.8 Å². The normalized spacial score (nSPS) is 32.1. The van der Waals surface area contributed by atoms with E-state index in [1.165, 1.54) is 0 Å². The molecule has 3 aliphatic rings.